The highest BCUT2D eigenvalue weighted by molar-refractivity contribution is 7.84. The zero-order valence-electron chi connectivity index (χ0n) is 20.2. The molecule has 34 heavy (non-hydrogen) atoms. The van der Waals surface area contributed by atoms with Gasteiger partial charge in [0.05, 0.1) is 24.7 Å². The molecule has 1 amide bonds. The molecular formula is C26H32N2O5S. The first-order valence-electron chi connectivity index (χ1n) is 11.4. The number of hydrogen-bond acceptors (Lipinski definition) is 6. The molecule has 182 valence electrons. The zero-order valence-corrected chi connectivity index (χ0v) is 21.0. The van der Waals surface area contributed by atoms with Gasteiger partial charge >= 0.3 is 0 Å². The molecule has 0 saturated carbocycles. The lowest BCUT2D eigenvalue weighted by atomic mass is 10.1. The summed E-state index contributed by atoms with van der Waals surface area (Å²) in [5, 5.41) is 2.84. The Bertz CT molecular complexity index is 1120. The number of nitrogens with one attached hydrogen (secondary N) is 1. The van der Waals surface area contributed by atoms with E-state index in [4.69, 9.17) is 13.9 Å². The number of ether oxygens (including phenoxy) is 2. The van der Waals surface area contributed by atoms with Crippen LogP contribution in [-0.2, 0) is 27.8 Å². The minimum Gasteiger partial charge on any atom is -0.490 e. The maximum absolute atomic E-state index is 12.6. The van der Waals surface area contributed by atoms with Gasteiger partial charge in [-0.05, 0) is 63.9 Å². The highest BCUT2D eigenvalue weighted by atomic mass is 32.2. The Hall–Kier alpha value is -3.13. The van der Waals surface area contributed by atoms with Crippen LogP contribution in [0, 0.1) is 13.8 Å². The second kappa shape index (κ2) is 12.4. The van der Waals surface area contributed by atoms with Gasteiger partial charge in [-0.2, -0.15) is 0 Å². The van der Waals surface area contributed by atoms with Crippen molar-refractivity contribution in [1.82, 2.24) is 10.3 Å². The van der Waals surface area contributed by atoms with Crippen LogP contribution in [0.5, 0.6) is 11.5 Å². The fourth-order valence-electron chi connectivity index (χ4n) is 3.38. The van der Waals surface area contributed by atoms with E-state index >= 15 is 0 Å². The van der Waals surface area contributed by atoms with E-state index in [1.807, 2.05) is 63.2 Å². The molecule has 0 unspecified atom stereocenters. The molecule has 0 fully saturated rings. The Morgan fingerprint density at radius 2 is 1.74 bits per heavy atom. The van der Waals surface area contributed by atoms with Crippen LogP contribution in [-0.4, -0.2) is 40.6 Å². The predicted octanol–water partition coefficient (Wildman–Crippen LogP) is 4.36. The summed E-state index contributed by atoms with van der Waals surface area (Å²) in [6.45, 7) is 9.21. The van der Waals surface area contributed by atoms with Gasteiger partial charge in [-0.15, -0.1) is 0 Å². The summed E-state index contributed by atoms with van der Waals surface area (Å²) in [5.41, 5.74) is 3.65. The molecule has 0 bridgehead atoms. The van der Waals surface area contributed by atoms with E-state index in [2.05, 4.69) is 10.3 Å². The summed E-state index contributed by atoms with van der Waals surface area (Å²) in [6, 6.07) is 13.6. The molecular weight excluding hydrogens is 452 g/mol. The van der Waals surface area contributed by atoms with E-state index < -0.39 is 10.8 Å². The van der Waals surface area contributed by atoms with Crippen LogP contribution in [0.1, 0.15) is 36.4 Å². The molecule has 2 aromatic carbocycles. The number of carbonyl (C=O) groups excluding carboxylic acids is 1. The average Bonchev–Trinajstić information content (AvgIpc) is 3.16. The second-order valence-corrected chi connectivity index (χ2v) is 9.32. The number of benzene rings is 2. The summed E-state index contributed by atoms with van der Waals surface area (Å²) in [4.78, 5) is 16.8. The van der Waals surface area contributed by atoms with Crippen molar-refractivity contribution in [3.63, 3.8) is 0 Å². The van der Waals surface area contributed by atoms with E-state index in [9.17, 15) is 9.00 Å². The van der Waals surface area contributed by atoms with Crippen LogP contribution in [0.4, 0.5) is 0 Å². The first kappa shape index (κ1) is 25.5. The van der Waals surface area contributed by atoms with Crippen molar-refractivity contribution in [2.75, 3.05) is 25.5 Å². The zero-order chi connectivity index (χ0) is 24.5. The summed E-state index contributed by atoms with van der Waals surface area (Å²) in [5.74, 6) is 2.35. The van der Waals surface area contributed by atoms with Crippen LogP contribution in [0.25, 0.3) is 11.5 Å². The number of rotatable bonds is 12. The summed E-state index contributed by atoms with van der Waals surface area (Å²) in [6.07, 6.45) is 0.632. The highest BCUT2D eigenvalue weighted by Crippen LogP contribution is 2.28. The summed E-state index contributed by atoms with van der Waals surface area (Å²) in [7, 11) is -1.39. The van der Waals surface area contributed by atoms with Crippen LogP contribution in [0.2, 0.25) is 0 Å². The van der Waals surface area contributed by atoms with Gasteiger partial charge in [0, 0.05) is 22.9 Å². The van der Waals surface area contributed by atoms with Crippen molar-refractivity contribution < 1.29 is 22.9 Å². The van der Waals surface area contributed by atoms with Gasteiger partial charge in [-0.3, -0.25) is 9.00 Å². The van der Waals surface area contributed by atoms with Crippen molar-refractivity contribution in [2.24, 2.45) is 0 Å². The van der Waals surface area contributed by atoms with Crippen LogP contribution < -0.4 is 14.8 Å². The Morgan fingerprint density at radius 3 is 2.44 bits per heavy atom. The third-order valence-electron chi connectivity index (χ3n) is 5.12. The maximum atomic E-state index is 12.6. The van der Waals surface area contributed by atoms with Gasteiger partial charge in [0.25, 0.3) is 0 Å². The molecule has 0 saturated heterocycles. The molecule has 1 aromatic heterocycles. The molecule has 1 atom stereocenters. The summed E-state index contributed by atoms with van der Waals surface area (Å²) >= 11 is 0. The molecule has 3 rings (SSSR count). The Labute approximate surface area is 203 Å². The SMILES string of the molecule is CCOc1ccc(CCNC(=O)C[S@@](=O)Cc2nc(-c3ccc(C)cc3)oc2C)cc1OCC. The second-order valence-electron chi connectivity index (χ2n) is 7.86. The highest BCUT2D eigenvalue weighted by Gasteiger charge is 2.16. The number of aromatic nitrogens is 1. The van der Waals surface area contributed by atoms with Crippen molar-refractivity contribution >= 4 is 16.7 Å². The number of hydrogen-bond donors (Lipinski definition) is 1. The van der Waals surface area contributed by atoms with E-state index in [0.717, 1.165) is 16.7 Å². The standard InChI is InChI=1S/C26H32N2O5S/c1-5-31-23-12-9-20(15-24(23)32-6-2)13-14-27-25(29)17-34(30)16-22-19(4)33-26(28-22)21-10-7-18(3)8-11-21/h7-12,15H,5-6,13-14,16-17H2,1-4H3,(H,27,29)/t34-/m0/s1. The van der Waals surface area contributed by atoms with Crippen molar-refractivity contribution in [1.29, 1.82) is 0 Å². The fraction of sp³-hybridized carbons (Fsp3) is 0.385. The molecule has 1 heterocycles. The van der Waals surface area contributed by atoms with Gasteiger partial charge in [0.15, 0.2) is 11.5 Å². The molecule has 7 nitrogen and oxygen atoms in total. The number of carbonyl (C=O) groups is 1. The lowest BCUT2D eigenvalue weighted by Gasteiger charge is -2.12. The molecule has 0 spiro atoms. The summed E-state index contributed by atoms with van der Waals surface area (Å²) < 4.78 is 29.5. The minimum atomic E-state index is -1.39. The third-order valence-corrected chi connectivity index (χ3v) is 6.30. The topological polar surface area (TPSA) is 90.7 Å². The van der Waals surface area contributed by atoms with Gasteiger partial charge in [0.1, 0.15) is 11.5 Å². The van der Waals surface area contributed by atoms with Crippen LogP contribution in [0.3, 0.4) is 0 Å². The van der Waals surface area contributed by atoms with E-state index in [1.165, 1.54) is 0 Å². The predicted molar refractivity (Wildman–Crippen MR) is 134 cm³/mol. The lowest BCUT2D eigenvalue weighted by molar-refractivity contribution is -0.118. The minimum absolute atomic E-state index is 0.0837. The number of amides is 1. The van der Waals surface area contributed by atoms with Crippen molar-refractivity contribution in [2.45, 2.75) is 39.9 Å². The van der Waals surface area contributed by atoms with Gasteiger partial charge < -0.3 is 19.2 Å². The van der Waals surface area contributed by atoms with Gasteiger partial charge in [0.2, 0.25) is 11.8 Å². The van der Waals surface area contributed by atoms with E-state index in [1.54, 1.807) is 6.92 Å². The molecule has 0 aliphatic rings. The van der Waals surface area contributed by atoms with E-state index in [-0.39, 0.29) is 17.4 Å². The normalized spacial score (nSPS) is 11.8. The lowest BCUT2D eigenvalue weighted by Crippen LogP contribution is -2.30. The average molecular weight is 485 g/mol. The monoisotopic (exact) mass is 484 g/mol. The number of oxazole rings is 1. The van der Waals surface area contributed by atoms with E-state index in [0.29, 0.717) is 55.0 Å². The van der Waals surface area contributed by atoms with Crippen LogP contribution in [0.15, 0.2) is 46.9 Å². The fourth-order valence-corrected chi connectivity index (χ4v) is 4.45. The largest absolute Gasteiger partial charge is 0.490 e. The number of aryl methyl sites for hydroxylation is 2. The Morgan fingerprint density at radius 1 is 1.03 bits per heavy atom. The first-order chi connectivity index (χ1) is 16.4. The van der Waals surface area contributed by atoms with Crippen LogP contribution >= 0.6 is 0 Å². The molecule has 8 heteroatoms. The first-order valence-corrected chi connectivity index (χ1v) is 12.9. The molecule has 0 aliphatic heterocycles. The quantitative estimate of drug-likeness (QED) is 0.411. The number of nitrogens with zero attached hydrogens (tertiary/aromatic N) is 1. The molecule has 1 N–H and O–H groups in total. The van der Waals surface area contributed by atoms with Gasteiger partial charge in [-0.25, -0.2) is 4.98 Å². The Kier molecular flexibility index (Phi) is 9.27. The molecule has 3 aromatic rings. The third kappa shape index (κ3) is 7.18. The van der Waals surface area contributed by atoms with Crippen molar-refractivity contribution in [3.05, 3.63) is 65.0 Å². The van der Waals surface area contributed by atoms with Gasteiger partial charge in [-0.1, -0.05) is 23.8 Å². The molecule has 0 radical (unpaired) electrons. The Balaban J connectivity index is 1.49. The maximum Gasteiger partial charge on any atom is 0.232 e. The van der Waals surface area contributed by atoms with Crippen molar-refractivity contribution in [3.8, 4) is 23.0 Å². The smallest absolute Gasteiger partial charge is 0.232 e. The molecule has 0 aliphatic carbocycles.